The van der Waals surface area contributed by atoms with Crippen molar-refractivity contribution in [1.82, 2.24) is 19.7 Å². The smallest absolute Gasteiger partial charge is 0.266 e. The molecule has 8 nitrogen and oxygen atoms in total. The van der Waals surface area contributed by atoms with Gasteiger partial charge in [-0.25, -0.2) is 18.4 Å². The molecule has 1 N–H and O–H groups in total. The highest BCUT2D eigenvalue weighted by atomic mass is 32.2. The van der Waals surface area contributed by atoms with Crippen molar-refractivity contribution in [1.29, 1.82) is 0 Å². The number of aromatic nitrogens is 4. The molecular weight excluding hydrogens is 388 g/mol. The van der Waals surface area contributed by atoms with Crippen molar-refractivity contribution in [2.45, 2.75) is 32.6 Å². The number of sulfonamides is 1. The second-order valence-electron chi connectivity index (χ2n) is 8.03. The van der Waals surface area contributed by atoms with Crippen LogP contribution in [0.4, 0.5) is 11.6 Å². The Morgan fingerprint density at radius 1 is 1.03 bits per heavy atom. The first-order valence-corrected chi connectivity index (χ1v) is 11.2. The summed E-state index contributed by atoms with van der Waals surface area (Å²) in [5, 5.41) is 3.96. The molecule has 0 aliphatic rings. The number of hydrogen-bond donors (Lipinski definition) is 1. The predicted octanol–water partition coefficient (Wildman–Crippen LogP) is 3.28. The van der Waals surface area contributed by atoms with E-state index in [1.807, 2.05) is 24.3 Å². The fourth-order valence-electron chi connectivity index (χ4n) is 3.13. The van der Waals surface area contributed by atoms with E-state index < -0.39 is 10.0 Å². The SMILES string of the molecule is CC(C)CN(CC(C)C)c1nc2ccccc2nc1NS(=O)(=O)c1cnn(C)c1. The number of anilines is 2. The normalized spacial score (nSPS) is 12.1. The summed E-state index contributed by atoms with van der Waals surface area (Å²) in [5.74, 6) is 1.53. The minimum absolute atomic E-state index is 0.0835. The van der Waals surface area contributed by atoms with E-state index in [2.05, 4.69) is 47.4 Å². The molecule has 3 aromatic rings. The highest BCUT2D eigenvalue weighted by Crippen LogP contribution is 2.28. The van der Waals surface area contributed by atoms with Gasteiger partial charge in [0.25, 0.3) is 10.0 Å². The van der Waals surface area contributed by atoms with Crippen LogP contribution in [0, 0.1) is 11.8 Å². The summed E-state index contributed by atoms with van der Waals surface area (Å²) >= 11 is 0. The molecule has 0 radical (unpaired) electrons. The Morgan fingerprint density at radius 2 is 1.62 bits per heavy atom. The Bertz CT molecular complexity index is 1080. The maximum Gasteiger partial charge on any atom is 0.266 e. The Labute approximate surface area is 172 Å². The minimum Gasteiger partial charge on any atom is -0.353 e. The average molecular weight is 417 g/mol. The second-order valence-corrected chi connectivity index (χ2v) is 9.71. The molecule has 0 amide bonds. The van der Waals surface area contributed by atoms with Crippen molar-refractivity contribution in [3.05, 3.63) is 36.7 Å². The van der Waals surface area contributed by atoms with Gasteiger partial charge in [0.2, 0.25) is 0 Å². The Morgan fingerprint density at radius 3 is 2.14 bits per heavy atom. The molecule has 0 bridgehead atoms. The number of rotatable bonds is 8. The quantitative estimate of drug-likeness (QED) is 0.606. The van der Waals surface area contributed by atoms with Crippen LogP contribution in [0.2, 0.25) is 0 Å². The molecule has 29 heavy (non-hydrogen) atoms. The average Bonchev–Trinajstić information content (AvgIpc) is 3.07. The molecule has 1 aromatic carbocycles. The topological polar surface area (TPSA) is 93.0 Å². The van der Waals surface area contributed by atoms with Crippen LogP contribution in [0.3, 0.4) is 0 Å². The van der Waals surface area contributed by atoms with Crippen LogP contribution < -0.4 is 9.62 Å². The van der Waals surface area contributed by atoms with E-state index in [1.54, 1.807) is 7.05 Å². The maximum absolute atomic E-state index is 12.9. The van der Waals surface area contributed by atoms with Gasteiger partial charge in [-0.3, -0.25) is 9.40 Å². The summed E-state index contributed by atoms with van der Waals surface area (Å²) in [4.78, 5) is 11.6. The number of nitrogens with one attached hydrogen (secondary N) is 1. The fraction of sp³-hybridized carbons (Fsp3) is 0.450. The van der Waals surface area contributed by atoms with Gasteiger partial charge in [-0.1, -0.05) is 39.8 Å². The third-order valence-corrected chi connectivity index (χ3v) is 5.54. The number of benzene rings is 1. The van der Waals surface area contributed by atoms with Crippen molar-refractivity contribution < 1.29 is 8.42 Å². The first-order chi connectivity index (χ1) is 13.7. The third-order valence-electron chi connectivity index (χ3n) is 4.25. The lowest BCUT2D eigenvalue weighted by atomic mass is 10.1. The van der Waals surface area contributed by atoms with Gasteiger partial charge in [0, 0.05) is 26.3 Å². The van der Waals surface area contributed by atoms with E-state index >= 15 is 0 Å². The summed E-state index contributed by atoms with van der Waals surface area (Å²) in [5.41, 5.74) is 1.36. The fourth-order valence-corrected chi connectivity index (χ4v) is 4.12. The van der Waals surface area contributed by atoms with Crippen molar-refractivity contribution in [2.75, 3.05) is 22.7 Å². The van der Waals surface area contributed by atoms with Gasteiger partial charge in [-0.2, -0.15) is 5.10 Å². The van der Waals surface area contributed by atoms with Crippen LogP contribution in [-0.2, 0) is 17.1 Å². The monoisotopic (exact) mass is 416 g/mol. The van der Waals surface area contributed by atoms with Gasteiger partial charge in [0.15, 0.2) is 11.6 Å². The molecule has 0 atom stereocenters. The molecule has 0 fully saturated rings. The Balaban J connectivity index is 2.11. The highest BCUT2D eigenvalue weighted by molar-refractivity contribution is 7.92. The molecule has 0 unspecified atom stereocenters. The molecule has 0 saturated carbocycles. The van der Waals surface area contributed by atoms with E-state index in [4.69, 9.17) is 4.98 Å². The van der Waals surface area contributed by atoms with E-state index in [9.17, 15) is 8.42 Å². The van der Waals surface area contributed by atoms with E-state index in [0.717, 1.165) is 18.6 Å². The van der Waals surface area contributed by atoms with E-state index in [-0.39, 0.29) is 10.7 Å². The molecule has 0 aliphatic heterocycles. The van der Waals surface area contributed by atoms with Crippen LogP contribution >= 0.6 is 0 Å². The predicted molar refractivity (Wildman–Crippen MR) is 115 cm³/mol. The van der Waals surface area contributed by atoms with Crippen LogP contribution in [0.25, 0.3) is 11.0 Å². The zero-order chi connectivity index (χ0) is 21.2. The number of fused-ring (bicyclic) bond motifs is 1. The van der Waals surface area contributed by atoms with Crippen LogP contribution in [0.15, 0.2) is 41.6 Å². The number of hydrogen-bond acceptors (Lipinski definition) is 6. The second kappa shape index (κ2) is 8.36. The minimum atomic E-state index is -3.84. The number of nitrogens with zero attached hydrogens (tertiary/aromatic N) is 5. The first kappa shape index (κ1) is 21.0. The lowest BCUT2D eigenvalue weighted by Crippen LogP contribution is -2.33. The lowest BCUT2D eigenvalue weighted by molar-refractivity contribution is 0.549. The van der Waals surface area contributed by atoms with Gasteiger partial charge in [-0.05, 0) is 24.0 Å². The Kier molecular flexibility index (Phi) is 6.07. The summed E-state index contributed by atoms with van der Waals surface area (Å²) in [6.45, 7) is 9.99. The van der Waals surface area contributed by atoms with Crippen LogP contribution in [0.5, 0.6) is 0 Å². The third kappa shape index (κ3) is 5.03. The molecule has 2 aromatic heterocycles. The summed E-state index contributed by atoms with van der Waals surface area (Å²) in [7, 11) is -2.16. The zero-order valence-corrected chi connectivity index (χ0v) is 18.3. The van der Waals surface area contributed by atoms with Crippen molar-refractivity contribution in [3.8, 4) is 0 Å². The van der Waals surface area contributed by atoms with Crippen molar-refractivity contribution >= 4 is 32.7 Å². The molecule has 0 saturated heterocycles. The van der Waals surface area contributed by atoms with E-state index in [1.165, 1.54) is 17.1 Å². The molecule has 2 heterocycles. The maximum atomic E-state index is 12.9. The molecule has 156 valence electrons. The van der Waals surface area contributed by atoms with E-state index in [0.29, 0.717) is 23.2 Å². The molecule has 0 spiro atoms. The van der Waals surface area contributed by atoms with Crippen LogP contribution in [0.1, 0.15) is 27.7 Å². The van der Waals surface area contributed by atoms with Gasteiger partial charge in [-0.15, -0.1) is 0 Å². The lowest BCUT2D eigenvalue weighted by Gasteiger charge is -2.29. The first-order valence-electron chi connectivity index (χ1n) is 9.69. The molecular formula is C20H28N6O2S. The van der Waals surface area contributed by atoms with Gasteiger partial charge >= 0.3 is 0 Å². The molecule has 0 aliphatic carbocycles. The van der Waals surface area contributed by atoms with Gasteiger partial charge < -0.3 is 4.90 Å². The summed E-state index contributed by atoms with van der Waals surface area (Å²) in [6.07, 6.45) is 2.77. The van der Waals surface area contributed by atoms with Crippen LogP contribution in [-0.4, -0.2) is 41.3 Å². The molecule has 3 rings (SSSR count). The molecule has 9 heteroatoms. The standard InChI is InChI=1S/C20H28N6O2S/c1-14(2)11-26(12-15(3)4)20-19(22-17-8-6-7-9-18(17)23-20)24-29(27,28)16-10-21-25(5)13-16/h6-10,13-15H,11-12H2,1-5H3,(H,22,24). The number of aryl methyl sites for hydroxylation is 1. The Hall–Kier alpha value is -2.68. The van der Waals surface area contributed by atoms with Gasteiger partial charge in [0.1, 0.15) is 4.90 Å². The summed E-state index contributed by atoms with van der Waals surface area (Å²) in [6, 6.07) is 7.46. The zero-order valence-electron chi connectivity index (χ0n) is 17.5. The largest absolute Gasteiger partial charge is 0.353 e. The summed E-state index contributed by atoms with van der Waals surface area (Å²) < 4.78 is 29.9. The number of para-hydroxylation sites is 2. The van der Waals surface area contributed by atoms with Gasteiger partial charge in [0.05, 0.1) is 17.2 Å². The highest BCUT2D eigenvalue weighted by Gasteiger charge is 2.24. The van der Waals surface area contributed by atoms with Crippen molar-refractivity contribution in [3.63, 3.8) is 0 Å². The van der Waals surface area contributed by atoms with Crippen molar-refractivity contribution in [2.24, 2.45) is 18.9 Å².